The van der Waals surface area contributed by atoms with E-state index in [1.54, 1.807) is 30.3 Å². The molecule has 0 aromatic heterocycles. The van der Waals surface area contributed by atoms with Crippen molar-refractivity contribution in [3.05, 3.63) is 30.3 Å². The van der Waals surface area contributed by atoms with Crippen molar-refractivity contribution in [2.24, 2.45) is 0 Å². The van der Waals surface area contributed by atoms with Crippen LogP contribution in [0.2, 0.25) is 0 Å². The number of hydrogen-bond donors (Lipinski definition) is 1. The Bertz CT molecular complexity index is 445. The van der Waals surface area contributed by atoms with Crippen LogP contribution in [0.3, 0.4) is 0 Å². The summed E-state index contributed by atoms with van der Waals surface area (Å²) in [4.78, 5) is 2.46. The second-order valence-electron chi connectivity index (χ2n) is 4.45. The van der Waals surface area contributed by atoms with Crippen molar-refractivity contribution in [1.82, 2.24) is 9.62 Å². The van der Waals surface area contributed by atoms with Crippen LogP contribution in [0.4, 0.5) is 0 Å². The van der Waals surface area contributed by atoms with E-state index < -0.39 is 10.0 Å². The maximum atomic E-state index is 11.9. The maximum absolute atomic E-state index is 11.9. The van der Waals surface area contributed by atoms with Crippen molar-refractivity contribution < 1.29 is 8.42 Å². The fraction of sp³-hybridized carbons (Fsp3) is 0.538. The second kappa shape index (κ2) is 6.87. The molecule has 0 aliphatic carbocycles. The van der Waals surface area contributed by atoms with E-state index in [1.165, 1.54) is 0 Å². The highest BCUT2D eigenvalue weighted by molar-refractivity contribution is 7.89. The molecule has 0 saturated carbocycles. The molecule has 1 aromatic rings. The molecule has 1 N–H and O–H groups in total. The van der Waals surface area contributed by atoms with Gasteiger partial charge in [-0.3, -0.25) is 0 Å². The molecule has 0 saturated heterocycles. The normalized spacial score (nSPS) is 13.8. The minimum absolute atomic E-state index is 0.316. The average molecular weight is 270 g/mol. The molecular weight excluding hydrogens is 248 g/mol. The van der Waals surface area contributed by atoms with Gasteiger partial charge in [-0.15, -0.1) is 0 Å². The molecule has 0 amide bonds. The Morgan fingerprint density at radius 1 is 1.28 bits per heavy atom. The number of hydrogen-bond acceptors (Lipinski definition) is 3. The van der Waals surface area contributed by atoms with E-state index in [9.17, 15) is 8.42 Å². The van der Waals surface area contributed by atoms with E-state index in [2.05, 4.69) is 23.5 Å². The lowest BCUT2D eigenvalue weighted by Gasteiger charge is -2.23. The highest BCUT2D eigenvalue weighted by Crippen LogP contribution is 2.06. The van der Waals surface area contributed by atoms with Crippen LogP contribution in [0, 0.1) is 0 Å². The minimum atomic E-state index is -3.37. The molecule has 18 heavy (non-hydrogen) atoms. The highest BCUT2D eigenvalue weighted by Gasteiger charge is 2.13. The van der Waals surface area contributed by atoms with E-state index in [1.807, 2.05) is 7.05 Å². The predicted molar refractivity (Wildman–Crippen MR) is 74.0 cm³/mol. The first kappa shape index (κ1) is 15.1. The van der Waals surface area contributed by atoms with E-state index in [0.29, 0.717) is 24.0 Å². The summed E-state index contributed by atoms with van der Waals surface area (Å²) in [6, 6.07) is 8.91. The first-order valence-electron chi connectivity index (χ1n) is 6.22. The molecule has 1 unspecified atom stereocenters. The topological polar surface area (TPSA) is 49.4 Å². The van der Waals surface area contributed by atoms with Crippen LogP contribution in [-0.2, 0) is 10.0 Å². The smallest absolute Gasteiger partial charge is 0.240 e. The predicted octanol–water partition coefficient (Wildman–Crippen LogP) is 1.70. The van der Waals surface area contributed by atoms with Gasteiger partial charge in [0, 0.05) is 19.1 Å². The molecule has 0 bridgehead atoms. The van der Waals surface area contributed by atoms with Crippen molar-refractivity contribution >= 4 is 10.0 Å². The largest absolute Gasteiger partial charge is 0.302 e. The first-order valence-corrected chi connectivity index (χ1v) is 7.70. The maximum Gasteiger partial charge on any atom is 0.240 e. The Labute approximate surface area is 110 Å². The number of nitrogens with one attached hydrogen (secondary N) is 1. The van der Waals surface area contributed by atoms with Gasteiger partial charge in [-0.2, -0.15) is 0 Å². The highest BCUT2D eigenvalue weighted by atomic mass is 32.2. The van der Waals surface area contributed by atoms with Crippen LogP contribution in [0.15, 0.2) is 35.2 Å². The number of likely N-dealkylation sites (N-methyl/N-ethyl adjacent to an activating group) is 1. The molecule has 4 nitrogen and oxygen atoms in total. The SMILES string of the molecule is CCC(C)N(C)CCNS(=O)(=O)c1ccccc1. The summed E-state index contributed by atoms with van der Waals surface area (Å²) >= 11 is 0. The van der Waals surface area contributed by atoms with Gasteiger partial charge in [0.05, 0.1) is 4.90 Å². The Balaban J connectivity index is 2.49. The molecule has 1 rings (SSSR count). The monoisotopic (exact) mass is 270 g/mol. The van der Waals surface area contributed by atoms with Crippen molar-refractivity contribution in [2.75, 3.05) is 20.1 Å². The quantitative estimate of drug-likeness (QED) is 0.820. The lowest BCUT2D eigenvalue weighted by atomic mass is 10.2. The second-order valence-corrected chi connectivity index (χ2v) is 6.22. The lowest BCUT2D eigenvalue weighted by Crippen LogP contribution is -2.37. The number of nitrogens with zero attached hydrogens (tertiary/aromatic N) is 1. The summed E-state index contributed by atoms with van der Waals surface area (Å²) in [7, 11) is -1.36. The standard InChI is InChI=1S/C13H22N2O2S/c1-4-12(2)15(3)11-10-14-18(16,17)13-8-6-5-7-9-13/h5-9,12,14H,4,10-11H2,1-3H3. The molecule has 5 heteroatoms. The van der Waals surface area contributed by atoms with Crippen LogP contribution in [0.5, 0.6) is 0 Å². The lowest BCUT2D eigenvalue weighted by molar-refractivity contribution is 0.256. The van der Waals surface area contributed by atoms with Crippen LogP contribution < -0.4 is 4.72 Å². The summed E-state index contributed by atoms with van der Waals surface area (Å²) < 4.78 is 26.5. The molecule has 0 spiro atoms. The first-order chi connectivity index (χ1) is 8.47. The summed E-state index contributed by atoms with van der Waals surface area (Å²) in [5, 5.41) is 0. The third kappa shape index (κ3) is 4.40. The Kier molecular flexibility index (Phi) is 5.78. The summed E-state index contributed by atoms with van der Waals surface area (Å²) in [5.41, 5.74) is 0. The van der Waals surface area contributed by atoms with Gasteiger partial charge in [0.1, 0.15) is 0 Å². The van der Waals surface area contributed by atoms with Crippen molar-refractivity contribution in [2.45, 2.75) is 31.2 Å². The van der Waals surface area contributed by atoms with Gasteiger partial charge in [0.15, 0.2) is 0 Å². The van der Waals surface area contributed by atoms with Gasteiger partial charge in [-0.05, 0) is 32.5 Å². The summed E-state index contributed by atoms with van der Waals surface area (Å²) in [6.07, 6.45) is 1.06. The zero-order valence-corrected chi connectivity index (χ0v) is 12.1. The molecule has 0 fully saturated rings. The van der Waals surface area contributed by atoms with Crippen LogP contribution in [-0.4, -0.2) is 39.5 Å². The van der Waals surface area contributed by atoms with Gasteiger partial charge in [-0.25, -0.2) is 13.1 Å². The molecule has 0 aliphatic rings. The Morgan fingerprint density at radius 2 is 1.89 bits per heavy atom. The van der Waals surface area contributed by atoms with E-state index >= 15 is 0 Å². The Morgan fingerprint density at radius 3 is 2.44 bits per heavy atom. The molecule has 1 atom stereocenters. The van der Waals surface area contributed by atoms with Crippen LogP contribution >= 0.6 is 0 Å². The average Bonchev–Trinajstić information content (AvgIpc) is 2.38. The number of benzene rings is 1. The van der Waals surface area contributed by atoms with Crippen molar-refractivity contribution in [3.63, 3.8) is 0 Å². The zero-order chi connectivity index (χ0) is 13.6. The molecule has 0 radical (unpaired) electrons. The molecule has 0 heterocycles. The van der Waals surface area contributed by atoms with Crippen LogP contribution in [0.25, 0.3) is 0 Å². The minimum Gasteiger partial charge on any atom is -0.302 e. The molecule has 1 aromatic carbocycles. The van der Waals surface area contributed by atoms with Crippen molar-refractivity contribution in [3.8, 4) is 0 Å². The third-order valence-corrected chi connectivity index (χ3v) is 4.63. The molecule has 0 aliphatic heterocycles. The van der Waals surface area contributed by atoms with Gasteiger partial charge in [0.25, 0.3) is 0 Å². The molecule has 102 valence electrons. The van der Waals surface area contributed by atoms with E-state index in [4.69, 9.17) is 0 Å². The number of rotatable bonds is 7. The van der Waals surface area contributed by atoms with Crippen LogP contribution in [0.1, 0.15) is 20.3 Å². The van der Waals surface area contributed by atoms with E-state index in [-0.39, 0.29) is 0 Å². The van der Waals surface area contributed by atoms with Gasteiger partial charge >= 0.3 is 0 Å². The fourth-order valence-electron chi connectivity index (χ4n) is 1.57. The number of sulfonamides is 1. The fourth-order valence-corrected chi connectivity index (χ4v) is 2.61. The Hall–Kier alpha value is -0.910. The van der Waals surface area contributed by atoms with Gasteiger partial charge in [0.2, 0.25) is 10.0 Å². The summed E-state index contributed by atoms with van der Waals surface area (Å²) in [6.45, 7) is 5.39. The third-order valence-electron chi connectivity index (χ3n) is 3.15. The molecular formula is C13H22N2O2S. The van der Waals surface area contributed by atoms with E-state index in [0.717, 1.165) is 6.42 Å². The summed E-state index contributed by atoms with van der Waals surface area (Å²) in [5.74, 6) is 0. The zero-order valence-electron chi connectivity index (χ0n) is 11.3. The van der Waals surface area contributed by atoms with Gasteiger partial charge in [-0.1, -0.05) is 25.1 Å². The van der Waals surface area contributed by atoms with Gasteiger partial charge < -0.3 is 4.90 Å². The van der Waals surface area contributed by atoms with Crippen molar-refractivity contribution in [1.29, 1.82) is 0 Å².